The molecule has 2 heterocycles. The van der Waals surface area contributed by atoms with Gasteiger partial charge in [0.15, 0.2) is 0 Å². The maximum Gasteiger partial charge on any atom is 0.252 e. The van der Waals surface area contributed by atoms with Crippen LogP contribution in [0, 0.1) is 5.92 Å². The highest BCUT2D eigenvalue weighted by Gasteiger charge is 2.20. The van der Waals surface area contributed by atoms with Gasteiger partial charge < -0.3 is 10.1 Å². The molecule has 1 N–H and O–H groups in total. The molecular weight excluding hydrogens is 338 g/mol. The smallest absolute Gasteiger partial charge is 0.252 e. The number of hydrogen-bond acceptors (Lipinski definition) is 4. The van der Waals surface area contributed by atoms with Gasteiger partial charge in [0.2, 0.25) is 0 Å². The number of pyridine rings is 2. The highest BCUT2D eigenvalue weighted by molar-refractivity contribution is 6.07. The van der Waals surface area contributed by atoms with Gasteiger partial charge in [-0.25, -0.2) is 4.98 Å². The molecule has 0 atom stereocenters. The molecule has 1 aliphatic rings. The maximum atomic E-state index is 12.8. The van der Waals surface area contributed by atoms with Gasteiger partial charge in [-0.15, -0.1) is 0 Å². The predicted octanol–water partition coefficient (Wildman–Crippen LogP) is 3.84. The number of nitrogens with one attached hydrogen (secondary N) is 1. The molecule has 3 aromatic rings. The van der Waals surface area contributed by atoms with E-state index in [-0.39, 0.29) is 5.91 Å². The summed E-state index contributed by atoms with van der Waals surface area (Å²) in [7, 11) is 0. The van der Waals surface area contributed by atoms with Crippen LogP contribution in [-0.4, -0.2) is 35.6 Å². The molecule has 0 bridgehead atoms. The van der Waals surface area contributed by atoms with Gasteiger partial charge in [0.1, 0.15) is 0 Å². The molecule has 0 saturated heterocycles. The highest BCUT2D eigenvalue weighted by atomic mass is 16.5. The van der Waals surface area contributed by atoms with Crippen molar-refractivity contribution in [3.05, 3.63) is 60.4 Å². The first-order valence-corrected chi connectivity index (χ1v) is 9.47. The summed E-state index contributed by atoms with van der Waals surface area (Å²) in [4.78, 5) is 21.6. The Morgan fingerprint density at radius 3 is 2.78 bits per heavy atom. The van der Waals surface area contributed by atoms with E-state index in [0.29, 0.717) is 18.7 Å². The van der Waals surface area contributed by atoms with Crippen molar-refractivity contribution in [1.29, 1.82) is 0 Å². The topological polar surface area (TPSA) is 64.1 Å². The number of para-hydroxylation sites is 1. The molecule has 5 nitrogen and oxygen atoms in total. The van der Waals surface area contributed by atoms with E-state index in [4.69, 9.17) is 9.72 Å². The summed E-state index contributed by atoms with van der Waals surface area (Å²) in [6.45, 7) is 2.15. The van der Waals surface area contributed by atoms with Crippen molar-refractivity contribution in [2.24, 2.45) is 5.92 Å². The molecule has 1 saturated carbocycles. The third-order valence-corrected chi connectivity index (χ3v) is 4.74. The fourth-order valence-corrected chi connectivity index (χ4v) is 3.04. The molecule has 4 rings (SSSR count). The van der Waals surface area contributed by atoms with Crippen LogP contribution < -0.4 is 5.32 Å². The van der Waals surface area contributed by atoms with Crippen molar-refractivity contribution in [3.63, 3.8) is 0 Å². The number of rotatable bonds is 8. The van der Waals surface area contributed by atoms with Crippen LogP contribution >= 0.6 is 0 Å². The average molecular weight is 361 g/mol. The van der Waals surface area contributed by atoms with E-state index in [2.05, 4.69) is 10.3 Å². The number of fused-ring (bicyclic) bond motifs is 1. The minimum Gasteiger partial charge on any atom is -0.381 e. The minimum absolute atomic E-state index is 0.0777. The highest BCUT2D eigenvalue weighted by Crippen LogP contribution is 2.28. The molecule has 1 fully saturated rings. The van der Waals surface area contributed by atoms with Gasteiger partial charge in [-0.1, -0.05) is 18.2 Å². The van der Waals surface area contributed by atoms with Crippen LogP contribution in [0.4, 0.5) is 0 Å². The lowest BCUT2D eigenvalue weighted by Crippen LogP contribution is -2.25. The second kappa shape index (κ2) is 8.27. The van der Waals surface area contributed by atoms with Crippen LogP contribution in [0.5, 0.6) is 0 Å². The Labute approximate surface area is 158 Å². The van der Waals surface area contributed by atoms with Gasteiger partial charge in [-0.3, -0.25) is 9.78 Å². The summed E-state index contributed by atoms with van der Waals surface area (Å²) in [6, 6.07) is 13.4. The second-order valence-corrected chi connectivity index (χ2v) is 6.94. The second-order valence-electron chi connectivity index (χ2n) is 6.94. The molecule has 1 amide bonds. The van der Waals surface area contributed by atoms with E-state index >= 15 is 0 Å². The summed E-state index contributed by atoms with van der Waals surface area (Å²) in [6.07, 6.45) is 6.87. The fraction of sp³-hybridized carbons (Fsp3) is 0.318. The molecule has 1 aliphatic carbocycles. The molecule has 138 valence electrons. The van der Waals surface area contributed by atoms with Gasteiger partial charge in [-0.05, 0) is 49.4 Å². The van der Waals surface area contributed by atoms with Crippen molar-refractivity contribution in [2.45, 2.75) is 19.3 Å². The standard InChI is InChI=1S/C22H23N3O2/c26-22(24-10-3-13-27-15-16-6-7-16)19-14-21(17-8-11-23-12-9-17)25-20-5-2-1-4-18(19)20/h1-2,4-5,8-9,11-12,14,16H,3,6-7,10,13,15H2,(H,24,26). The van der Waals surface area contributed by atoms with Gasteiger partial charge in [0.25, 0.3) is 5.91 Å². The fourth-order valence-electron chi connectivity index (χ4n) is 3.04. The normalized spacial score (nSPS) is 13.6. The van der Waals surface area contributed by atoms with Crippen molar-refractivity contribution < 1.29 is 9.53 Å². The Hall–Kier alpha value is -2.79. The molecule has 2 aromatic heterocycles. The lowest BCUT2D eigenvalue weighted by atomic mass is 10.0. The molecule has 0 spiro atoms. The monoisotopic (exact) mass is 361 g/mol. The Kier molecular flexibility index (Phi) is 5.39. The third-order valence-electron chi connectivity index (χ3n) is 4.74. The van der Waals surface area contributed by atoms with Crippen molar-refractivity contribution in [1.82, 2.24) is 15.3 Å². The zero-order chi connectivity index (χ0) is 18.5. The largest absolute Gasteiger partial charge is 0.381 e. The molecule has 0 unspecified atom stereocenters. The van der Waals surface area contributed by atoms with Crippen LogP contribution in [0.3, 0.4) is 0 Å². The first-order chi connectivity index (χ1) is 13.3. The Morgan fingerprint density at radius 1 is 1.15 bits per heavy atom. The third kappa shape index (κ3) is 4.49. The molecule has 0 aliphatic heterocycles. The zero-order valence-electron chi connectivity index (χ0n) is 15.2. The number of amides is 1. The van der Waals surface area contributed by atoms with Crippen molar-refractivity contribution in [3.8, 4) is 11.3 Å². The van der Waals surface area contributed by atoms with E-state index < -0.39 is 0 Å². The summed E-state index contributed by atoms with van der Waals surface area (Å²) < 4.78 is 5.63. The first kappa shape index (κ1) is 17.6. The zero-order valence-corrected chi connectivity index (χ0v) is 15.2. The van der Waals surface area contributed by atoms with E-state index in [1.165, 1.54) is 12.8 Å². The Bertz CT molecular complexity index is 923. The molecule has 0 radical (unpaired) electrons. The number of hydrogen-bond donors (Lipinski definition) is 1. The lowest BCUT2D eigenvalue weighted by Gasteiger charge is -2.11. The summed E-state index contributed by atoms with van der Waals surface area (Å²) in [5.74, 6) is 0.695. The van der Waals surface area contributed by atoms with E-state index in [1.807, 2.05) is 42.5 Å². The number of carbonyl (C=O) groups excluding carboxylic acids is 1. The Morgan fingerprint density at radius 2 is 1.96 bits per heavy atom. The van der Waals surface area contributed by atoms with E-state index in [1.54, 1.807) is 12.4 Å². The number of carbonyl (C=O) groups is 1. The van der Waals surface area contributed by atoms with Crippen LogP contribution in [0.1, 0.15) is 29.6 Å². The lowest BCUT2D eigenvalue weighted by molar-refractivity contribution is 0.0939. The summed E-state index contributed by atoms with van der Waals surface area (Å²) >= 11 is 0. The number of aromatic nitrogens is 2. The van der Waals surface area contributed by atoms with E-state index in [0.717, 1.165) is 41.1 Å². The molecule has 27 heavy (non-hydrogen) atoms. The van der Waals surface area contributed by atoms with Gasteiger partial charge in [0, 0.05) is 43.1 Å². The van der Waals surface area contributed by atoms with Crippen molar-refractivity contribution >= 4 is 16.8 Å². The molecule has 5 heteroatoms. The maximum absolute atomic E-state index is 12.8. The SMILES string of the molecule is O=C(NCCCOCC1CC1)c1cc(-c2ccncc2)nc2ccccc12. The predicted molar refractivity (Wildman–Crippen MR) is 105 cm³/mol. The van der Waals surface area contributed by atoms with Crippen LogP contribution in [-0.2, 0) is 4.74 Å². The van der Waals surface area contributed by atoms with Gasteiger partial charge in [0.05, 0.1) is 16.8 Å². The number of nitrogens with zero attached hydrogens (tertiary/aromatic N) is 2. The van der Waals surface area contributed by atoms with Crippen molar-refractivity contribution in [2.75, 3.05) is 19.8 Å². The average Bonchev–Trinajstić information content (AvgIpc) is 3.54. The van der Waals surface area contributed by atoms with Crippen LogP contribution in [0.2, 0.25) is 0 Å². The first-order valence-electron chi connectivity index (χ1n) is 9.47. The number of ether oxygens (including phenoxy) is 1. The van der Waals surface area contributed by atoms with Crippen LogP contribution in [0.25, 0.3) is 22.2 Å². The van der Waals surface area contributed by atoms with E-state index in [9.17, 15) is 4.79 Å². The quantitative estimate of drug-likeness (QED) is 0.619. The summed E-state index contributed by atoms with van der Waals surface area (Å²) in [5.41, 5.74) is 3.17. The molecular formula is C22H23N3O2. The Balaban J connectivity index is 1.48. The summed E-state index contributed by atoms with van der Waals surface area (Å²) in [5, 5.41) is 3.87. The number of benzene rings is 1. The minimum atomic E-state index is -0.0777. The van der Waals surface area contributed by atoms with Gasteiger partial charge in [-0.2, -0.15) is 0 Å². The van der Waals surface area contributed by atoms with Gasteiger partial charge >= 0.3 is 0 Å². The van der Waals surface area contributed by atoms with Crippen LogP contribution in [0.15, 0.2) is 54.9 Å². The molecule has 1 aromatic carbocycles.